The van der Waals surface area contributed by atoms with E-state index in [1.807, 2.05) is 17.8 Å². The summed E-state index contributed by atoms with van der Waals surface area (Å²) in [6.45, 7) is 0.762. The van der Waals surface area contributed by atoms with Crippen molar-refractivity contribution < 1.29 is 12.8 Å². The summed E-state index contributed by atoms with van der Waals surface area (Å²) in [4.78, 5) is 4.13. The van der Waals surface area contributed by atoms with E-state index in [1.165, 1.54) is 6.07 Å². The van der Waals surface area contributed by atoms with Gasteiger partial charge < -0.3 is 14.3 Å². The highest BCUT2D eigenvalue weighted by atomic mass is 32.2. The van der Waals surface area contributed by atoms with E-state index in [9.17, 15) is 8.42 Å². The molecule has 2 aromatic heterocycles. The summed E-state index contributed by atoms with van der Waals surface area (Å²) in [5.74, 6) is 1.40. The zero-order chi connectivity index (χ0) is 14.6. The van der Waals surface area contributed by atoms with E-state index in [2.05, 4.69) is 15.0 Å². The normalized spacial score (nSPS) is 11.9. The maximum Gasteiger partial charge on any atom is 0.273 e. The molecule has 0 aliphatic heterocycles. The third-order valence-electron chi connectivity index (χ3n) is 2.81. The second-order valence-electron chi connectivity index (χ2n) is 4.35. The van der Waals surface area contributed by atoms with Gasteiger partial charge in [0.25, 0.3) is 10.0 Å². The fourth-order valence-electron chi connectivity index (χ4n) is 1.78. The molecule has 0 radical (unpaired) electrons. The molecule has 7 nitrogen and oxygen atoms in total. The smallest absolute Gasteiger partial charge is 0.273 e. The molecule has 0 saturated carbocycles. The molecule has 0 fully saturated rings. The van der Waals surface area contributed by atoms with Gasteiger partial charge in [-0.15, -0.1) is 0 Å². The standard InChI is InChI=1S/C12H18N4O3S/c1-13-9-10-3-4-12(19-10)20(17,18)15-6-5-11-14-7-8-16(11)2/h3-4,7-8,13,15H,5-6,9H2,1-2H3. The van der Waals surface area contributed by atoms with E-state index in [0.717, 1.165) is 5.82 Å². The number of nitrogens with one attached hydrogen (secondary N) is 2. The van der Waals surface area contributed by atoms with Crippen LogP contribution in [0, 0.1) is 0 Å². The largest absolute Gasteiger partial charge is 0.447 e. The Bertz CT molecular complexity index is 660. The topological polar surface area (TPSA) is 89.2 Å². The van der Waals surface area contributed by atoms with Crippen LogP contribution in [0.5, 0.6) is 0 Å². The van der Waals surface area contributed by atoms with Gasteiger partial charge in [0, 0.05) is 32.4 Å². The molecule has 0 aliphatic carbocycles. The van der Waals surface area contributed by atoms with Crippen molar-refractivity contribution in [2.45, 2.75) is 18.1 Å². The molecular formula is C12H18N4O3S. The lowest BCUT2D eigenvalue weighted by atomic mass is 10.4. The van der Waals surface area contributed by atoms with Gasteiger partial charge in [-0.25, -0.2) is 18.1 Å². The first kappa shape index (κ1) is 14.8. The van der Waals surface area contributed by atoms with Crippen molar-refractivity contribution in [1.29, 1.82) is 0 Å². The van der Waals surface area contributed by atoms with Gasteiger partial charge in [0.2, 0.25) is 5.09 Å². The van der Waals surface area contributed by atoms with Crippen molar-refractivity contribution >= 4 is 10.0 Å². The van der Waals surface area contributed by atoms with Gasteiger partial charge in [-0.3, -0.25) is 0 Å². The number of furan rings is 1. The molecule has 110 valence electrons. The van der Waals surface area contributed by atoms with Gasteiger partial charge in [-0.05, 0) is 19.2 Å². The van der Waals surface area contributed by atoms with Crippen LogP contribution in [-0.4, -0.2) is 31.6 Å². The zero-order valence-corrected chi connectivity index (χ0v) is 12.3. The number of nitrogens with zero attached hydrogens (tertiary/aromatic N) is 2. The summed E-state index contributed by atoms with van der Waals surface area (Å²) in [5.41, 5.74) is 0. The van der Waals surface area contributed by atoms with E-state index in [1.54, 1.807) is 19.3 Å². The molecule has 0 unspecified atom stereocenters. The van der Waals surface area contributed by atoms with Crippen molar-refractivity contribution in [2.24, 2.45) is 7.05 Å². The number of rotatable bonds is 7. The highest BCUT2D eigenvalue weighted by Crippen LogP contribution is 2.13. The van der Waals surface area contributed by atoms with Crippen molar-refractivity contribution in [3.63, 3.8) is 0 Å². The Balaban J connectivity index is 1.95. The molecule has 8 heteroatoms. The number of sulfonamides is 1. The van der Waals surface area contributed by atoms with Gasteiger partial charge >= 0.3 is 0 Å². The highest BCUT2D eigenvalue weighted by Gasteiger charge is 2.18. The second-order valence-corrected chi connectivity index (χ2v) is 6.05. The molecule has 0 saturated heterocycles. The predicted molar refractivity (Wildman–Crippen MR) is 73.6 cm³/mol. The van der Waals surface area contributed by atoms with Gasteiger partial charge in [-0.1, -0.05) is 0 Å². The molecule has 0 aromatic carbocycles. The highest BCUT2D eigenvalue weighted by molar-refractivity contribution is 7.89. The quantitative estimate of drug-likeness (QED) is 0.765. The molecule has 0 aliphatic rings. The van der Waals surface area contributed by atoms with E-state index in [0.29, 0.717) is 18.7 Å². The lowest BCUT2D eigenvalue weighted by Gasteiger charge is -2.04. The zero-order valence-electron chi connectivity index (χ0n) is 11.5. The number of hydrogen-bond acceptors (Lipinski definition) is 5. The van der Waals surface area contributed by atoms with Crippen LogP contribution in [0.2, 0.25) is 0 Å². The Morgan fingerprint density at radius 3 is 2.85 bits per heavy atom. The number of hydrogen-bond donors (Lipinski definition) is 2. The lowest BCUT2D eigenvalue weighted by Crippen LogP contribution is -2.26. The summed E-state index contributed by atoms with van der Waals surface area (Å²) in [7, 11) is 0.0288. The van der Waals surface area contributed by atoms with E-state index < -0.39 is 10.0 Å². The maximum atomic E-state index is 12.0. The lowest BCUT2D eigenvalue weighted by molar-refractivity contribution is 0.404. The van der Waals surface area contributed by atoms with Crippen LogP contribution in [0.3, 0.4) is 0 Å². The van der Waals surface area contributed by atoms with Crippen molar-refractivity contribution in [3.05, 3.63) is 36.1 Å². The van der Waals surface area contributed by atoms with Crippen LogP contribution >= 0.6 is 0 Å². The third-order valence-corrected chi connectivity index (χ3v) is 4.15. The Morgan fingerprint density at radius 2 is 2.20 bits per heavy atom. The Labute approximate surface area is 118 Å². The summed E-state index contributed by atoms with van der Waals surface area (Å²) >= 11 is 0. The average molecular weight is 298 g/mol. The van der Waals surface area contributed by atoms with Crippen LogP contribution < -0.4 is 10.0 Å². The number of aromatic nitrogens is 2. The molecule has 2 N–H and O–H groups in total. The van der Waals surface area contributed by atoms with Crippen LogP contribution in [0.15, 0.2) is 34.0 Å². The second kappa shape index (κ2) is 6.21. The Kier molecular flexibility index (Phi) is 4.58. The molecular weight excluding hydrogens is 280 g/mol. The summed E-state index contributed by atoms with van der Waals surface area (Å²) < 4.78 is 33.6. The van der Waals surface area contributed by atoms with Crippen molar-refractivity contribution in [1.82, 2.24) is 19.6 Å². The minimum atomic E-state index is -3.61. The van der Waals surface area contributed by atoms with E-state index in [4.69, 9.17) is 4.42 Å². The third kappa shape index (κ3) is 3.47. The van der Waals surface area contributed by atoms with Crippen LogP contribution in [0.4, 0.5) is 0 Å². The van der Waals surface area contributed by atoms with Crippen LogP contribution in [0.25, 0.3) is 0 Å². The first-order valence-electron chi connectivity index (χ1n) is 6.22. The summed E-state index contributed by atoms with van der Waals surface area (Å²) in [6.07, 6.45) is 4.02. The Hall–Kier alpha value is -1.64. The van der Waals surface area contributed by atoms with Crippen LogP contribution in [0.1, 0.15) is 11.6 Å². The Morgan fingerprint density at radius 1 is 1.40 bits per heavy atom. The van der Waals surface area contributed by atoms with E-state index >= 15 is 0 Å². The molecule has 0 spiro atoms. The average Bonchev–Trinajstić information content (AvgIpc) is 3.00. The molecule has 2 aromatic rings. The fourth-order valence-corrected chi connectivity index (χ4v) is 2.75. The molecule has 0 atom stereocenters. The number of aryl methyl sites for hydroxylation is 1. The predicted octanol–water partition coefficient (Wildman–Crippen LogP) is 0.254. The van der Waals surface area contributed by atoms with Gasteiger partial charge in [-0.2, -0.15) is 0 Å². The molecule has 20 heavy (non-hydrogen) atoms. The van der Waals surface area contributed by atoms with Crippen molar-refractivity contribution in [3.8, 4) is 0 Å². The maximum absolute atomic E-state index is 12.0. The SMILES string of the molecule is CNCc1ccc(S(=O)(=O)NCCc2nccn2C)o1. The first-order valence-corrected chi connectivity index (χ1v) is 7.70. The first-order chi connectivity index (χ1) is 9.53. The van der Waals surface area contributed by atoms with Gasteiger partial charge in [0.1, 0.15) is 11.6 Å². The molecule has 2 rings (SSSR count). The minimum Gasteiger partial charge on any atom is -0.447 e. The van der Waals surface area contributed by atoms with Crippen molar-refractivity contribution in [2.75, 3.05) is 13.6 Å². The van der Waals surface area contributed by atoms with Gasteiger partial charge in [0.05, 0.1) is 6.54 Å². The molecule has 2 heterocycles. The summed E-state index contributed by atoms with van der Waals surface area (Å²) in [6, 6.07) is 3.10. The van der Waals surface area contributed by atoms with E-state index in [-0.39, 0.29) is 11.6 Å². The number of imidazole rings is 1. The van der Waals surface area contributed by atoms with Gasteiger partial charge in [0.15, 0.2) is 0 Å². The minimum absolute atomic E-state index is 0.0670. The van der Waals surface area contributed by atoms with Crippen LogP contribution in [-0.2, 0) is 30.0 Å². The molecule has 0 amide bonds. The summed E-state index contributed by atoms with van der Waals surface area (Å²) in [5, 5.41) is 2.83. The fraction of sp³-hybridized carbons (Fsp3) is 0.417. The monoisotopic (exact) mass is 298 g/mol. The molecule has 0 bridgehead atoms.